The molecular formula is C10H16Cl2N2. The summed E-state index contributed by atoms with van der Waals surface area (Å²) in [5.74, 6) is 0. The molecule has 0 aromatic heterocycles. The standard InChI is InChI=1S/C10H14N2.2ClH/c1-12-10-6-4-9(5-7-10)3-2-8-11;;/h2-7,12H,8,11H2,1H3;2*1H. The highest BCUT2D eigenvalue weighted by atomic mass is 35.5. The van der Waals surface area contributed by atoms with E-state index in [0.29, 0.717) is 6.54 Å². The first-order valence-corrected chi connectivity index (χ1v) is 4.01. The van der Waals surface area contributed by atoms with E-state index in [1.807, 2.05) is 31.3 Å². The Morgan fingerprint density at radius 2 is 1.79 bits per heavy atom. The quantitative estimate of drug-likeness (QED) is 0.844. The Morgan fingerprint density at radius 1 is 1.21 bits per heavy atom. The van der Waals surface area contributed by atoms with E-state index in [9.17, 15) is 0 Å². The highest BCUT2D eigenvalue weighted by Crippen LogP contribution is 2.09. The van der Waals surface area contributed by atoms with Crippen LogP contribution in [-0.4, -0.2) is 13.6 Å². The van der Waals surface area contributed by atoms with Crippen LogP contribution in [0.1, 0.15) is 5.56 Å². The number of rotatable bonds is 3. The van der Waals surface area contributed by atoms with E-state index < -0.39 is 0 Å². The van der Waals surface area contributed by atoms with Crippen molar-refractivity contribution in [3.05, 3.63) is 35.9 Å². The smallest absolute Gasteiger partial charge is 0.0337 e. The Bertz CT molecular complexity index is 257. The van der Waals surface area contributed by atoms with E-state index in [2.05, 4.69) is 17.4 Å². The van der Waals surface area contributed by atoms with Crippen LogP contribution in [0.5, 0.6) is 0 Å². The van der Waals surface area contributed by atoms with Gasteiger partial charge in [0.2, 0.25) is 0 Å². The monoisotopic (exact) mass is 234 g/mol. The SMILES string of the molecule is CNc1ccc(C=CCN)cc1.Cl.Cl. The molecule has 0 fully saturated rings. The Morgan fingerprint density at radius 3 is 2.21 bits per heavy atom. The molecular weight excluding hydrogens is 219 g/mol. The molecule has 14 heavy (non-hydrogen) atoms. The Labute approximate surface area is 97.4 Å². The summed E-state index contributed by atoms with van der Waals surface area (Å²) in [4.78, 5) is 0. The minimum atomic E-state index is 0. The van der Waals surface area contributed by atoms with E-state index in [0.717, 1.165) is 5.69 Å². The predicted octanol–water partition coefficient (Wildman–Crippen LogP) is 2.54. The molecule has 4 heteroatoms. The summed E-state index contributed by atoms with van der Waals surface area (Å²) < 4.78 is 0. The Hall–Kier alpha value is -0.700. The maximum atomic E-state index is 5.33. The molecule has 0 heterocycles. The third kappa shape index (κ3) is 5.12. The fourth-order valence-corrected chi connectivity index (χ4v) is 0.965. The first-order chi connectivity index (χ1) is 5.86. The number of anilines is 1. The van der Waals surface area contributed by atoms with Crippen molar-refractivity contribution in [1.82, 2.24) is 0 Å². The first kappa shape index (κ1) is 15.8. The minimum absolute atomic E-state index is 0. The van der Waals surface area contributed by atoms with Gasteiger partial charge in [-0.05, 0) is 17.7 Å². The molecule has 0 bridgehead atoms. The average Bonchev–Trinajstić information content (AvgIpc) is 2.15. The van der Waals surface area contributed by atoms with Crippen molar-refractivity contribution in [3.8, 4) is 0 Å². The highest BCUT2D eigenvalue weighted by Gasteiger charge is 1.86. The van der Waals surface area contributed by atoms with E-state index in [4.69, 9.17) is 5.73 Å². The zero-order chi connectivity index (χ0) is 8.81. The molecule has 1 aromatic carbocycles. The van der Waals surface area contributed by atoms with Gasteiger partial charge in [0.05, 0.1) is 0 Å². The predicted molar refractivity (Wildman–Crippen MR) is 68.6 cm³/mol. The van der Waals surface area contributed by atoms with Crippen LogP contribution in [0.4, 0.5) is 5.69 Å². The summed E-state index contributed by atoms with van der Waals surface area (Å²) in [5, 5.41) is 3.06. The molecule has 0 aliphatic rings. The molecule has 0 radical (unpaired) electrons. The topological polar surface area (TPSA) is 38.0 Å². The van der Waals surface area contributed by atoms with E-state index >= 15 is 0 Å². The summed E-state index contributed by atoms with van der Waals surface area (Å²) in [6.07, 6.45) is 3.95. The van der Waals surface area contributed by atoms with Crippen molar-refractivity contribution < 1.29 is 0 Å². The number of hydrogen-bond donors (Lipinski definition) is 2. The number of halogens is 2. The summed E-state index contributed by atoms with van der Waals surface area (Å²) in [7, 11) is 1.91. The Kier molecular flexibility index (Phi) is 9.99. The molecule has 3 N–H and O–H groups in total. The molecule has 0 atom stereocenters. The summed E-state index contributed by atoms with van der Waals surface area (Å²) in [5.41, 5.74) is 7.64. The van der Waals surface area contributed by atoms with E-state index in [1.165, 1.54) is 5.56 Å². The van der Waals surface area contributed by atoms with Crippen LogP contribution in [0.3, 0.4) is 0 Å². The van der Waals surface area contributed by atoms with Crippen molar-refractivity contribution >= 4 is 36.6 Å². The third-order valence-electron chi connectivity index (χ3n) is 1.65. The van der Waals surface area contributed by atoms with Gasteiger partial charge in [-0.25, -0.2) is 0 Å². The lowest BCUT2D eigenvalue weighted by atomic mass is 10.2. The maximum absolute atomic E-state index is 5.33. The molecule has 2 nitrogen and oxygen atoms in total. The van der Waals surface area contributed by atoms with Crippen molar-refractivity contribution in [1.29, 1.82) is 0 Å². The largest absolute Gasteiger partial charge is 0.388 e. The average molecular weight is 235 g/mol. The van der Waals surface area contributed by atoms with Gasteiger partial charge in [-0.3, -0.25) is 0 Å². The summed E-state index contributed by atoms with van der Waals surface area (Å²) in [6.45, 7) is 0.591. The zero-order valence-electron chi connectivity index (χ0n) is 8.07. The van der Waals surface area contributed by atoms with Crippen LogP contribution in [-0.2, 0) is 0 Å². The minimum Gasteiger partial charge on any atom is -0.388 e. The second-order valence-corrected chi connectivity index (χ2v) is 2.51. The van der Waals surface area contributed by atoms with Crippen LogP contribution in [0.15, 0.2) is 30.3 Å². The van der Waals surface area contributed by atoms with Crippen molar-refractivity contribution in [2.75, 3.05) is 18.9 Å². The van der Waals surface area contributed by atoms with Crippen LogP contribution < -0.4 is 11.1 Å². The second kappa shape index (κ2) is 8.88. The van der Waals surface area contributed by atoms with Gasteiger partial charge < -0.3 is 11.1 Å². The van der Waals surface area contributed by atoms with Gasteiger partial charge in [0, 0.05) is 19.3 Å². The summed E-state index contributed by atoms with van der Waals surface area (Å²) >= 11 is 0. The second-order valence-electron chi connectivity index (χ2n) is 2.51. The van der Waals surface area contributed by atoms with Gasteiger partial charge in [-0.2, -0.15) is 0 Å². The van der Waals surface area contributed by atoms with Crippen molar-refractivity contribution in [2.24, 2.45) is 5.73 Å². The molecule has 0 aliphatic heterocycles. The molecule has 0 saturated heterocycles. The highest BCUT2D eigenvalue weighted by molar-refractivity contribution is 5.85. The lowest BCUT2D eigenvalue weighted by Crippen LogP contribution is -1.92. The van der Waals surface area contributed by atoms with Crippen molar-refractivity contribution in [3.63, 3.8) is 0 Å². The molecule has 0 unspecified atom stereocenters. The lowest BCUT2D eigenvalue weighted by Gasteiger charge is -1.98. The number of nitrogens with one attached hydrogen (secondary N) is 1. The van der Waals surface area contributed by atoms with Gasteiger partial charge >= 0.3 is 0 Å². The lowest BCUT2D eigenvalue weighted by molar-refractivity contribution is 1.26. The van der Waals surface area contributed by atoms with Crippen LogP contribution in [0, 0.1) is 0 Å². The Balaban J connectivity index is 0. The first-order valence-electron chi connectivity index (χ1n) is 4.01. The summed E-state index contributed by atoms with van der Waals surface area (Å²) in [6, 6.07) is 8.18. The van der Waals surface area contributed by atoms with E-state index in [-0.39, 0.29) is 24.8 Å². The van der Waals surface area contributed by atoms with Crippen LogP contribution in [0.25, 0.3) is 6.08 Å². The third-order valence-corrected chi connectivity index (χ3v) is 1.65. The molecule has 0 aliphatic carbocycles. The van der Waals surface area contributed by atoms with Gasteiger partial charge in [-0.15, -0.1) is 24.8 Å². The number of benzene rings is 1. The zero-order valence-corrected chi connectivity index (χ0v) is 9.70. The fourth-order valence-electron chi connectivity index (χ4n) is 0.965. The molecule has 1 rings (SSSR count). The number of nitrogens with two attached hydrogens (primary N) is 1. The van der Waals surface area contributed by atoms with Gasteiger partial charge in [0.15, 0.2) is 0 Å². The molecule has 0 spiro atoms. The molecule has 0 saturated carbocycles. The van der Waals surface area contributed by atoms with Crippen LogP contribution >= 0.6 is 24.8 Å². The van der Waals surface area contributed by atoms with Gasteiger partial charge in [-0.1, -0.05) is 24.3 Å². The molecule has 0 amide bonds. The van der Waals surface area contributed by atoms with Crippen molar-refractivity contribution in [2.45, 2.75) is 0 Å². The maximum Gasteiger partial charge on any atom is 0.0337 e. The fraction of sp³-hybridized carbons (Fsp3) is 0.200. The van der Waals surface area contributed by atoms with Crippen LogP contribution in [0.2, 0.25) is 0 Å². The van der Waals surface area contributed by atoms with Gasteiger partial charge in [0.25, 0.3) is 0 Å². The van der Waals surface area contributed by atoms with E-state index in [1.54, 1.807) is 0 Å². The number of hydrogen-bond acceptors (Lipinski definition) is 2. The molecule has 1 aromatic rings. The molecule has 80 valence electrons. The van der Waals surface area contributed by atoms with Gasteiger partial charge in [0.1, 0.15) is 0 Å². The normalized spacial score (nSPS) is 9.00.